The van der Waals surface area contributed by atoms with Crippen molar-refractivity contribution < 1.29 is 5.11 Å². The Morgan fingerprint density at radius 1 is 1.00 bits per heavy atom. The third-order valence-electron chi connectivity index (χ3n) is 3.69. The molecule has 2 rings (SSSR count). The zero-order valence-corrected chi connectivity index (χ0v) is 14.8. The number of hydrogen-bond acceptors (Lipinski definition) is 1. The van der Waals surface area contributed by atoms with Gasteiger partial charge in [-0.15, -0.1) is 0 Å². The molecule has 2 aromatic rings. The van der Waals surface area contributed by atoms with Crippen molar-refractivity contribution in [1.82, 2.24) is 0 Å². The van der Waals surface area contributed by atoms with Gasteiger partial charge in [-0.2, -0.15) is 0 Å². The van der Waals surface area contributed by atoms with Crippen molar-refractivity contribution in [2.24, 2.45) is 0 Å². The molecule has 1 nitrogen and oxygen atoms in total. The van der Waals surface area contributed by atoms with Crippen LogP contribution in [0.2, 0.25) is 0 Å². The van der Waals surface area contributed by atoms with Crippen LogP contribution in [0.25, 0.3) is 0 Å². The first-order valence-corrected chi connectivity index (χ1v) is 8.34. The molecule has 0 amide bonds. The Morgan fingerprint density at radius 2 is 1.60 bits per heavy atom. The monoisotopic (exact) mass is 396 g/mol. The summed E-state index contributed by atoms with van der Waals surface area (Å²) >= 11 is 6.93. The first kappa shape index (κ1) is 15.7. The molecule has 0 fully saturated rings. The fraction of sp³-hybridized carbons (Fsp3) is 0.294. The highest BCUT2D eigenvalue weighted by atomic mass is 79.9. The SMILES string of the molecule is CCC(C)c1ccc(C(O)c2ccc(Br)cc2Br)cc1. The molecule has 2 aromatic carbocycles. The van der Waals surface area contributed by atoms with Gasteiger partial charge in [0.25, 0.3) is 0 Å². The highest BCUT2D eigenvalue weighted by Gasteiger charge is 2.14. The summed E-state index contributed by atoms with van der Waals surface area (Å²) in [6, 6.07) is 14.1. The minimum absolute atomic E-state index is 0.556. The lowest BCUT2D eigenvalue weighted by Crippen LogP contribution is -2.01. The van der Waals surface area contributed by atoms with Gasteiger partial charge in [-0.05, 0) is 41.2 Å². The first-order chi connectivity index (χ1) is 9.52. The number of benzene rings is 2. The highest BCUT2D eigenvalue weighted by molar-refractivity contribution is 9.11. The number of aliphatic hydroxyl groups excluding tert-OH is 1. The summed E-state index contributed by atoms with van der Waals surface area (Å²) in [6.07, 6.45) is 0.517. The Hall–Kier alpha value is -0.640. The van der Waals surface area contributed by atoms with Gasteiger partial charge in [0.15, 0.2) is 0 Å². The molecule has 0 spiro atoms. The van der Waals surface area contributed by atoms with E-state index in [-0.39, 0.29) is 0 Å². The van der Waals surface area contributed by atoms with Crippen molar-refractivity contribution in [2.45, 2.75) is 32.3 Å². The third kappa shape index (κ3) is 3.51. The third-order valence-corrected chi connectivity index (χ3v) is 4.87. The summed E-state index contributed by atoms with van der Waals surface area (Å²) in [4.78, 5) is 0. The molecule has 0 radical (unpaired) electrons. The Balaban J connectivity index is 2.26. The maximum absolute atomic E-state index is 10.5. The maximum Gasteiger partial charge on any atom is 0.105 e. The molecule has 0 aromatic heterocycles. The van der Waals surface area contributed by atoms with Crippen molar-refractivity contribution in [3.05, 3.63) is 68.1 Å². The first-order valence-electron chi connectivity index (χ1n) is 6.75. The van der Waals surface area contributed by atoms with Gasteiger partial charge < -0.3 is 5.11 Å². The van der Waals surface area contributed by atoms with E-state index < -0.39 is 6.10 Å². The summed E-state index contributed by atoms with van der Waals surface area (Å²) in [6.45, 7) is 4.41. The average molecular weight is 398 g/mol. The van der Waals surface area contributed by atoms with E-state index in [2.05, 4.69) is 57.8 Å². The van der Waals surface area contributed by atoms with Gasteiger partial charge in [-0.3, -0.25) is 0 Å². The maximum atomic E-state index is 10.5. The lowest BCUT2D eigenvalue weighted by molar-refractivity contribution is 0.219. The molecule has 0 aliphatic heterocycles. The largest absolute Gasteiger partial charge is 0.384 e. The van der Waals surface area contributed by atoms with E-state index in [4.69, 9.17) is 0 Å². The van der Waals surface area contributed by atoms with Crippen molar-refractivity contribution in [1.29, 1.82) is 0 Å². The standard InChI is InChI=1S/C17H18Br2O/c1-3-11(2)12-4-6-13(7-5-12)17(20)15-9-8-14(18)10-16(15)19/h4-11,17,20H,3H2,1-2H3. The Morgan fingerprint density at radius 3 is 2.15 bits per heavy atom. The summed E-state index contributed by atoms with van der Waals surface area (Å²) in [5, 5.41) is 10.5. The molecule has 0 saturated heterocycles. The van der Waals surface area contributed by atoms with Gasteiger partial charge in [0.2, 0.25) is 0 Å². The minimum Gasteiger partial charge on any atom is -0.384 e. The summed E-state index contributed by atoms with van der Waals surface area (Å²) in [7, 11) is 0. The molecule has 0 bridgehead atoms. The molecule has 20 heavy (non-hydrogen) atoms. The topological polar surface area (TPSA) is 20.2 Å². The average Bonchev–Trinajstić information content (AvgIpc) is 2.46. The van der Waals surface area contributed by atoms with Gasteiger partial charge >= 0.3 is 0 Å². The molecule has 0 saturated carbocycles. The van der Waals surface area contributed by atoms with Gasteiger partial charge in [0.1, 0.15) is 6.10 Å². The van der Waals surface area contributed by atoms with Crippen LogP contribution < -0.4 is 0 Å². The van der Waals surface area contributed by atoms with Crippen molar-refractivity contribution in [3.63, 3.8) is 0 Å². The van der Waals surface area contributed by atoms with Crippen molar-refractivity contribution in [2.75, 3.05) is 0 Å². The second kappa shape index (κ2) is 6.88. The quantitative estimate of drug-likeness (QED) is 0.690. The van der Waals surface area contributed by atoms with Crippen LogP contribution in [0.3, 0.4) is 0 Å². The van der Waals surface area contributed by atoms with E-state index in [1.807, 2.05) is 30.3 Å². The summed E-state index contributed by atoms with van der Waals surface area (Å²) < 4.78 is 1.90. The zero-order chi connectivity index (χ0) is 14.7. The smallest absolute Gasteiger partial charge is 0.105 e. The van der Waals surface area contributed by atoms with E-state index in [0.29, 0.717) is 5.92 Å². The molecule has 2 atom stereocenters. The van der Waals surface area contributed by atoms with Crippen LogP contribution >= 0.6 is 31.9 Å². The number of rotatable bonds is 4. The van der Waals surface area contributed by atoms with Crippen molar-refractivity contribution in [3.8, 4) is 0 Å². The van der Waals surface area contributed by atoms with Crippen LogP contribution in [0, 0.1) is 0 Å². The van der Waals surface area contributed by atoms with E-state index in [9.17, 15) is 5.11 Å². The van der Waals surface area contributed by atoms with Crippen LogP contribution in [0.15, 0.2) is 51.4 Å². The molecule has 106 valence electrons. The second-order valence-electron chi connectivity index (χ2n) is 5.04. The highest BCUT2D eigenvalue weighted by Crippen LogP contribution is 2.31. The van der Waals surface area contributed by atoms with Crippen LogP contribution in [0.4, 0.5) is 0 Å². The molecule has 0 aliphatic rings. The predicted molar refractivity (Wildman–Crippen MR) is 91.1 cm³/mol. The number of halogens is 2. The van der Waals surface area contributed by atoms with Crippen LogP contribution in [-0.2, 0) is 0 Å². The second-order valence-corrected chi connectivity index (χ2v) is 6.81. The lowest BCUT2D eigenvalue weighted by atomic mass is 9.95. The molecule has 1 N–H and O–H groups in total. The minimum atomic E-state index is -0.608. The van der Waals surface area contributed by atoms with Crippen LogP contribution in [0.1, 0.15) is 49.0 Å². The van der Waals surface area contributed by atoms with E-state index in [1.165, 1.54) is 5.56 Å². The zero-order valence-electron chi connectivity index (χ0n) is 11.6. The normalized spacial score (nSPS) is 14.1. The summed E-state index contributed by atoms with van der Waals surface area (Å²) in [5.41, 5.74) is 3.11. The molecular weight excluding hydrogens is 380 g/mol. The van der Waals surface area contributed by atoms with Crippen LogP contribution in [-0.4, -0.2) is 5.11 Å². The number of aliphatic hydroxyl groups is 1. The van der Waals surface area contributed by atoms with E-state index in [0.717, 1.165) is 26.5 Å². The predicted octanol–water partition coefficient (Wildman–Crippen LogP) is 5.81. The van der Waals surface area contributed by atoms with Gasteiger partial charge in [0, 0.05) is 8.95 Å². The molecule has 0 heterocycles. The fourth-order valence-corrected chi connectivity index (χ4v) is 3.41. The van der Waals surface area contributed by atoms with Gasteiger partial charge in [-0.25, -0.2) is 0 Å². The summed E-state index contributed by atoms with van der Waals surface area (Å²) in [5.74, 6) is 0.556. The number of hydrogen-bond donors (Lipinski definition) is 1. The molecule has 0 aliphatic carbocycles. The lowest BCUT2D eigenvalue weighted by Gasteiger charge is -2.15. The van der Waals surface area contributed by atoms with E-state index in [1.54, 1.807) is 0 Å². The molecular formula is C17H18Br2O. The fourth-order valence-electron chi connectivity index (χ4n) is 2.15. The Kier molecular flexibility index (Phi) is 5.42. The van der Waals surface area contributed by atoms with Crippen molar-refractivity contribution >= 4 is 31.9 Å². The molecule has 2 unspecified atom stereocenters. The van der Waals surface area contributed by atoms with Crippen LogP contribution in [0.5, 0.6) is 0 Å². The van der Waals surface area contributed by atoms with Gasteiger partial charge in [-0.1, -0.05) is 76.0 Å². The van der Waals surface area contributed by atoms with Gasteiger partial charge in [0.05, 0.1) is 0 Å². The Bertz CT molecular complexity index is 578. The molecule has 3 heteroatoms. The Labute approximate surface area is 137 Å². The van der Waals surface area contributed by atoms with E-state index >= 15 is 0 Å².